The molecule has 1 aromatic rings. The SMILES string of the molecule is O=C1CCCN1CCNC(=S)Nc1cccc(N2CCCC2=O)c1. The van der Waals surface area contributed by atoms with Crippen LogP contribution in [-0.2, 0) is 9.59 Å². The van der Waals surface area contributed by atoms with E-state index in [0.29, 0.717) is 31.0 Å². The van der Waals surface area contributed by atoms with Crippen LogP contribution in [0.4, 0.5) is 11.4 Å². The second-order valence-electron chi connectivity index (χ2n) is 6.06. The average Bonchev–Trinajstić information content (AvgIpc) is 3.16. The largest absolute Gasteiger partial charge is 0.361 e. The van der Waals surface area contributed by atoms with Crippen LogP contribution in [0.15, 0.2) is 24.3 Å². The van der Waals surface area contributed by atoms with Gasteiger partial charge in [-0.1, -0.05) is 6.07 Å². The maximum absolute atomic E-state index is 11.8. The summed E-state index contributed by atoms with van der Waals surface area (Å²) >= 11 is 5.30. The van der Waals surface area contributed by atoms with Crippen molar-refractivity contribution in [1.29, 1.82) is 0 Å². The maximum atomic E-state index is 11.8. The van der Waals surface area contributed by atoms with E-state index in [4.69, 9.17) is 12.2 Å². The summed E-state index contributed by atoms with van der Waals surface area (Å²) in [5, 5.41) is 6.78. The Bertz CT molecular complexity index is 649. The predicted molar refractivity (Wildman–Crippen MR) is 98.1 cm³/mol. The fraction of sp³-hybridized carbons (Fsp3) is 0.471. The molecule has 24 heavy (non-hydrogen) atoms. The first-order chi connectivity index (χ1) is 11.6. The zero-order chi connectivity index (χ0) is 16.9. The van der Waals surface area contributed by atoms with Crippen LogP contribution in [0.3, 0.4) is 0 Å². The molecule has 7 heteroatoms. The molecule has 0 bridgehead atoms. The summed E-state index contributed by atoms with van der Waals surface area (Å²) in [5.74, 6) is 0.391. The van der Waals surface area contributed by atoms with Gasteiger partial charge >= 0.3 is 0 Å². The fourth-order valence-corrected chi connectivity index (χ4v) is 3.31. The van der Waals surface area contributed by atoms with E-state index in [1.54, 1.807) is 4.90 Å². The highest BCUT2D eigenvalue weighted by molar-refractivity contribution is 7.80. The minimum absolute atomic E-state index is 0.170. The van der Waals surface area contributed by atoms with Crippen LogP contribution in [0.1, 0.15) is 25.7 Å². The highest BCUT2D eigenvalue weighted by atomic mass is 32.1. The molecule has 0 saturated carbocycles. The molecule has 0 spiro atoms. The zero-order valence-electron chi connectivity index (χ0n) is 13.6. The van der Waals surface area contributed by atoms with E-state index >= 15 is 0 Å². The van der Waals surface area contributed by atoms with E-state index in [2.05, 4.69) is 10.6 Å². The Labute approximate surface area is 147 Å². The monoisotopic (exact) mass is 346 g/mol. The van der Waals surface area contributed by atoms with Gasteiger partial charge in [0.15, 0.2) is 5.11 Å². The van der Waals surface area contributed by atoms with Gasteiger partial charge in [0.2, 0.25) is 11.8 Å². The van der Waals surface area contributed by atoms with Crippen molar-refractivity contribution in [2.45, 2.75) is 25.7 Å². The Morgan fingerprint density at radius 2 is 1.92 bits per heavy atom. The molecule has 2 fully saturated rings. The number of anilines is 2. The van der Waals surface area contributed by atoms with Gasteiger partial charge in [-0.3, -0.25) is 9.59 Å². The first kappa shape index (κ1) is 16.7. The first-order valence-electron chi connectivity index (χ1n) is 8.36. The van der Waals surface area contributed by atoms with Crippen LogP contribution in [0, 0.1) is 0 Å². The Morgan fingerprint density at radius 3 is 2.62 bits per heavy atom. The lowest BCUT2D eigenvalue weighted by atomic mass is 10.2. The molecule has 0 aliphatic carbocycles. The number of nitrogens with zero attached hydrogens (tertiary/aromatic N) is 2. The van der Waals surface area contributed by atoms with Crippen molar-refractivity contribution in [3.8, 4) is 0 Å². The third kappa shape index (κ3) is 4.03. The number of carbonyl (C=O) groups excluding carboxylic acids is 2. The number of thiocarbonyl (C=S) groups is 1. The molecule has 0 unspecified atom stereocenters. The van der Waals surface area contributed by atoms with E-state index in [9.17, 15) is 9.59 Å². The molecule has 0 radical (unpaired) electrons. The molecular weight excluding hydrogens is 324 g/mol. The lowest BCUT2D eigenvalue weighted by Crippen LogP contribution is -2.37. The Kier molecular flexibility index (Phi) is 5.30. The molecule has 2 aliphatic heterocycles. The summed E-state index contributed by atoms with van der Waals surface area (Å²) in [6.45, 7) is 2.91. The Balaban J connectivity index is 1.49. The van der Waals surface area contributed by atoms with Crippen molar-refractivity contribution in [3.05, 3.63) is 24.3 Å². The normalized spacial score (nSPS) is 17.5. The minimum atomic E-state index is 0.170. The van der Waals surface area contributed by atoms with E-state index in [0.717, 1.165) is 37.3 Å². The first-order valence-corrected chi connectivity index (χ1v) is 8.77. The van der Waals surface area contributed by atoms with Crippen molar-refractivity contribution >= 4 is 40.5 Å². The highest BCUT2D eigenvalue weighted by Crippen LogP contribution is 2.24. The third-order valence-electron chi connectivity index (χ3n) is 4.33. The van der Waals surface area contributed by atoms with Crippen molar-refractivity contribution in [1.82, 2.24) is 10.2 Å². The van der Waals surface area contributed by atoms with Crippen LogP contribution in [0.25, 0.3) is 0 Å². The van der Waals surface area contributed by atoms with Crippen LogP contribution in [0.2, 0.25) is 0 Å². The lowest BCUT2D eigenvalue weighted by Gasteiger charge is -2.18. The van der Waals surface area contributed by atoms with Gasteiger partial charge in [-0.05, 0) is 43.3 Å². The van der Waals surface area contributed by atoms with Crippen molar-refractivity contribution in [3.63, 3.8) is 0 Å². The number of benzene rings is 1. The summed E-state index contributed by atoms with van der Waals surface area (Å²) in [5.41, 5.74) is 1.75. The lowest BCUT2D eigenvalue weighted by molar-refractivity contribution is -0.127. The molecule has 0 atom stereocenters. The molecule has 1 aromatic carbocycles. The third-order valence-corrected chi connectivity index (χ3v) is 4.57. The van der Waals surface area contributed by atoms with Gasteiger partial charge in [0.1, 0.15) is 0 Å². The summed E-state index contributed by atoms with van der Waals surface area (Å²) in [4.78, 5) is 27.0. The van der Waals surface area contributed by atoms with Gasteiger partial charge < -0.3 is 20.4 Å². The number of hydrogen-bond acceptors (Lipinski definition) is 3. The van der Waals surface area contributed by atoms with E-state index in [1.807, 2.05) is 29.2 Å². The number of likely N-dealkylation sites (tertiary alicyclic amines) is 1. The smallest absolute Gasteiger partial charge is 0.227 e. The van der Waals surface area contributed by atoms with Gasteiger partial charge in [0, 0.05) is 50.4 Å². The molecule has 2 aliphatic rings. The predicted octanol–water partition coefficient (Wildman–Crippen LogP) is 1.72. The van der Waals surface area contributed by atoms with Gasteiger partial charge in [0.05, 0.1) is 0 Å². The van der Waals surface area contributed by atoms with Crippen molar-refractivity contribution in [2.75, 3.05) is 36.4 Å². The summed E-state index contributed by atoms with van der Waals surface area (Å²) in [7, 11) is 0. The molecule has 2 N–H and O–H groups in total. The Morgan fingerprint density at radius 1 is 1.12 bits per heavy atom. The summed E-state index contributed by atoms with van der Waals surface area (Å²) in [6, 6.07) is 7.70. The van der Waals surface area contributed by atoms with Crippen molar-refractivity contribution < 1.29 is 9.59 Å². The molecule has 2 heterocycles. The molecule has 3 rings (SSSR count). The van der Waals surface area contributed by atoms with E-state index in [1.165, 1.54) is 0 Å². The molecule has 2 saturated heterocycles. The second-order valence-corrected chi connectivity index (χ2v) is 6.47. The second kappa shape index (κ2) is 7.61. The fourth-order valence-electron chi connectivity index (χ4n) is 3.09. The average molecular weight is 346 g/mol. The maximum Gasteiger partial charge on any atom is 0.227 e. The van der Waals surface area contributed by atoms with Gasteiger partial charge in [0.25, 0.3) is 0 Å². The molecule has 2 amide bonds. The number of hydrogen-bond donors (Lipinski definition) is 2. The van der Waals surface area contributed by atoms with Crippen LogP contribution in [-0.4, -0.2) is 48.0 Å². The number of nitrogens with one attached hydrogen (secondary N) is 2. The van der Waals surface area contributed by atoms with Crippen LogP contribution >= 0.6 is 12.2 Å². The number of carbonyl (C=O) groups is 2. The summed E-state index contributed by atoms with van der Waals surface area (Å²) < 4.78 is 0. The van der Waals surface area contributed by atoms with Crippen LogP contribution < -0.4 is 15.5 Å². The Hall–Kier alpha value is -2.15. The van der Waals surface area contributed by atoms with Gasteiger partial charge in [-0.15, -0.1) is 0 Å². The standard InChI is InChI=1S/C17H22N4O2S/c22-15-6-2-9-20(15)11-8-18-17(24)19-13-4-1-5-14(12-13)21-10-3-7-16(21)23/h1,4-5,12H,2-3,6-11H2,(H2,18,19,24). The van der Waals surface area contributed by atoms with Crippen LogP contribution in [0.5, 0.6) is 0 Å². The quantitative estimate of drug-likeness (QED) is 0.795. The van der Waals surface area contributed by atoms with Crippen molar-refractivity contribution in [2.24, 2.45) is 0 Å². The van der Waals surface area contributed by atoms with Gasteiger partial charge in [-0.2, -0.15) is 0 Å². The topological polar surface area (TPSA) is 64.7 Å². The zero-order valence-corrected chi connectivity index (χ0v) is 14.4. The molecule has 0 aromatic heterocycles. The highest BCUT2D eigenvalue weighted by Gasteiger charge is 2.22. The van der Waals surface area contributed by atoms with Gasteiger partial charge in [-0.25, -0.2) is 0 Å². The minimum Gasteiger partial charge on any atom is -0.361 e. The van der Waals surface area contributed by atoms with E-state index in [-0.39, 0.29) is 11.8 Å². The molecular formula is C17H22N4O2S. The number of amides is 2. The summed E-state index contributed by atoms with van der Waals surface area (Å²) in [6.07, 6.45) is 3.13. The molecule has 6 nitrogen and oxygen atoms in total. The van der Waals surface area contributed by atoms with E-state index < -0.39 is 0 Å². The number of rotatable bonds is 5. The molecule has 128 valence electrons.